The third kappa shape index (κ3) is 11.5. The number of aliphatic hydroxyl groups is 3. The van der Waals surface area contributed by atoms with Gasteiger partial charge in [-0.25, -0.2) is 0 Å². The van der Waals surface area contributed by atoms with Crippen LogP contribution in [-0.4, -0.2) is 86.0 Å². The number of aryl methyl sites for hydroxylation is 2. The molecule has 0 unspecified atom stereocenters. The lowest BCUT2D eigenvalue weighted by Crippen LogP contribution is -2.52. The Bertz CT molecular complexity index is 2930. The summed E-state index contributed by atoms with van der Waals surface area (Å²) in [5.74, 6) is 0.230. The zero-order valence-corrected chi connectivity index (χ0v) is 44.4. The van der Waals surface area contributed by atoms with E-state index in [0.717, 1.165) is 77.9 Å². The molecule has 2 aromatic heterocycles. The molecule has 0 saturated heterocycles. The van der Waals surface area contributed by atoms with Gasteiger partial charge in [-0.3, -0.25) is 24.4 Å². The van der Waals surface area contributed by atoms with E-state index in [9.17, 15) is 29.7 Å². The average molecular weight is 997 g/mol. The summed E-state index contributed by atoms with van der Waals surface area (Å²) in [6.07, 6.45) is 11.4. The minimum atomic E-state index is -0.712. The Morgan fingerprint density at radius 2 is 1.16 bits per heavy atom. The number of aromatic nitrogens is 2. The van der Waals surface area contributed by atoms with Gasteiger partial charge in [0.15, 0.2) is 11.6 Å². The largest absolute Gasteiger partial charge is 0.392 e. The van der Waals surface area contributed by atoms with E-state index in [1.54, 1.807) is 17.3 Å². The van der Waals surface area contributed by atoms with E-state index in [-0.39, 0.29) is 59.6 Å². The molecule has 6 atom stereocenters. The summed E-state index contributed by atoms with van der Waals surface area (Å²) >= 11 is 0. The first kappa shape index (κ1) is 54.1. The van der Waals surface area contributed by atoms with Crippen molar-refractivity contribution in [3.8, 4) is 0 Å². The van der Waals surface area contributed by atoms with E-state index in [2.05, 4.69) is 76.8 Å². The summed E-state index contributed by atoms with van der Waals surface area (Å²) in [5, 5.41) is 36.5. The molecule has 10 nitrogen and oxygen atoms in total. The molecule has 3 heterocycles. The SMILES string of the molecule is CC[C@@]1(O)CC[C@@](Cc2ccccc2)(c2ccc(C(=O)Cc3cccnc3C)cc2CO)[C@H](CNC)C1.CC[C@@]1(O)CC[C@@]2(Cc3ccccc3)c3ccc(C(=O)Cc4cccnc4C)cc3C(=O)N(C)C[C@@H]2C1. The number of nitrogens with one attached hydrogen (secondary N) is 1. The maximum Gasteiger partial charge on any atom is 0.253 e. The minimum Gasteiger partial charge on any atom is -0.392 e. The first-order valence-electron chi connectivity index (χ1n) is 26.8. The molecule has 4 aromatic carbocycles. The van der Waals surface area contributed by atoms with Gasteiger partial charge >= 0.3 is 0 Å². The monoisotopic (exact) mass is 997 g/mol. The number of benzene rings is 4. The average Bonchev–Trinajstić information content (AvgIpc) is 3.50. The number of fused-ring (bicyclic) bond motifs is 3. The van der Waals surface area contributed by atoms with Crippen LogP contribution in [0.3, 0.4) is 0 Å². The molecule has 2 aliphatic carbocycles. The van der Waals surface area contributed by atoms with Crippen LogP contribution in [0.1, 0.15) is 147 Å². The Hall–Kier alpha value is -6.17. The van der Waals surface area contributed by atoms with Gasteiger partial charge in [-0.1, -0.05) is 111 Å². The highest BCUT2D eigenvalue weighted by molar-refractivity contribution is 6.03. The number of pyridine rings is 2. The van der Waals surface area contributed by atoms with Gasteiger partial charge in [0.25, 0.3) is 5.91 Å². The number of amides is 1. The highest BCUT2D eigenvalue weighted by Gasteiger charge is 2.53. The molecular weight excluding hydrogens is 921 g/mol. The van der Waals surface area contributed by atoms with E-state index >= 15 is 0 Å². The van der Waals surface area contributed by atoms with E-state index in [4.69, 9.17) is 0 Å². The molecule has 9 rings (SSSR count). The molecule has 3 aliphatic rings. The lowest BCUT2D eigenvalue weighted by atomic mass is 9.55. The van der Waals surface area contributed by atoms with Gasteiger partial charge in [0.05, 0.1) is 17.8 Å². The summed E-state index contributed by atoms with van der Waals surface area (Å²) < 4.78 is 0. The van der Waals surface area contributed by atoms with Crippen molar-refractivity contribution >= 4 is 17.5 Å². The summed E-state index contributed by atoms with van der Waals surface area (Å²) in [5.41, 5.74) is 8.72. The molecule has 4 N–H and O–H groups in total. The Labute approximate surface area is 438 Å². The fourth-order valence-electron chi connectivity index (χ4n) is 12.8. The van der Waals surface area contributed by atoms with Crippen LogP contribution in [0.4, 0.5) is 0 Å². The van der Waals surface area contributed by atoms with Crippen molar-refractivity contribution in [1.82, 2.24) is 20.2 Å². The Kier molecular flexibility index (Phi) is 16.9. The van der Waals surface area contributed by atoms with Gasteiger partial charge < -0.3 is 25.5 Å². The van der Waals surface area contributed by atoms with Gasteiger partial charge in [-0.15, -0.1) is 0 Å². The third-order valence-electron chi connectivity index (χ3n) is 17.4. The number of rotatable bonds is 16. The highest BCUT2D eigenvalue weighted by Crippen LogP contribution is 2.53. The lowest BCUT2D eigenvalue weighted by Gasteiger charge is -2.51. The van der Waals surface area contributed by atoms with Gasteiger partial charge in [-0.05, 0) is 167 Å². The second-order valence-corrected chi connectivity index (χ2v) is 21.8. The molecule has 74 heavy (non-hydrogen) atoms. The molecule has 1 aliphatic heterocycles. The van der Waals surface area contributed by atoms with Crippen LogP contribution in [0.25, 0.3) is 0 Å². The van der Waals surface area contributed by atoms with Gasteiger partial charge in [0.1, 0.15) is 0 Å². The van der Waals surface area contributed by atoms with Gasteiger partial charge in [0, 0.05) is 77.7 Å². The molecule has 0 spiro atoms. The standard InChI is InChI=1S/C32H36N2O3.C32H40N2O3/c1-4-31(37)14-15-32(19-23-9-6-5-7-10-23)26(20-31)21-34(3)30(36)27-17-25(12-13-28(27)32)29(35)18-24-11-8-16-33-22(24)2;1-4-31(37)14-15-32(28(20-31)21-33-3,19-24-9-6-5-7-10-24)29-13-12-26(17-27(29)22-35)30(36)18-25-11-8-16-34-23(25)2/h5-13,16-17,26,37H,4,14-15,18-21H2,1-3H3;5-13,16-17,28,33,35,37H,4,14-15,18-22H2,1-3H3/t26-,31+,32-;28-,31+,32-/m00/s1. The first-order chi connectivity index (χ1) is 35.6. The number of aliphatic hydroxyl groups excluding tert-OH is 1. The summed E-state index contributed by atoms with van der Waals surface area (Å²) in [6.45, 7) is 9.15. The molecule has 2 fully saturated rings. The van der Waals surface area contributed by atoms with E-state index < -0.39 is 11.2 Å². The summed E-state index contributed by atoms with van der Waals surface area (Å²) in [7, 11) is 3.81. The predicted octanol–water partition coefficient (Wildman–Crippen LogP) is 10.3. The number of carbonyl (C=O) groups is 3. The molecule has 6 aromatic rings. The molecule has 388 valence electrons. The van der Waals surface area contributed by atoms with Crippen molar-refractivity contribution in [2.75, 3.05) is 27.2 Å². The van der Waals surface area contributed by atoms with Crippen LogP contribution in [-0.2, 0) is 43.1 Å². The van der Waals surface area contributed by atoms with Gasteiger partial charge in [-0.2, -0.15) is 0 Å². The maximum atomic E-state index is 13.7. The number of hydrogen-bond donors (Lipinski definition) is 4. The number of carbonyl (C=O) groups excluding carboxylic acids is 3. The van der Waals surface area contributed by atoms with Gasteiger partial charge in [0.2, 0.25) is 0 Å². The van der Waals surface area contributed by atoms with Crippen molar-refractivity contribution in [3.63, 3.8) is 0 Å². The lowest BCUT2D eigenvalue weighted by molar-refractivity contribution is -0.0515. The normalized spacial score (nSPS) is 24.4. The van der Waals surface area contributed by atoms with Crippen LogP contribution in [0.15, 0.2) is 134 Å². The van der Waals surface area contributed by atoms with Crippen molar-refractivity contribution in [3.05, 3.63) is 201 Å². The second-order valence-electron chi connectivity index (χ2n) is 21.8. The molecule has 10 heteroatoms. The van der Waals surface area contributed by atoms with Crippen LogP contribution in [0, 0.1) is 25.7 Å². The van der Waals surface area contributed by atoms with Crippen LogP contribution in [0.5, 0.6) is 0 Å². The Balaban J connectivity index is 0.000000197. The number of nitrogens with zero attached hydrogens (tertiary/aromatic N) is 3. The van der Waals surface area contributed by atoms with E-state index in [0.29, 0.717) is 55.3 Å². The Morgan fingerprint density at radius 1 is 0.649 bits per heavy atom. The van der Waals surface area contributed by atoms with Crippen LogP contribution in [0.2, 0.25) is 0 Å². The fraction of sp³-hybridized carbons (Fsp3) is 0.422. The first-order valence-corrected chi connectivity index (χ1v) is 26.8. The highest BCUT2D eigenvalue weighted by atomic mass is 16.3. The van der Waals surface area contributed by atoms with Crippen LogP contribution >= 0.6 is 0 Å². The smallest absolute Gasteiger partial charge is 0.253 e. The van der Waals surface area contributed by atoms with Crippen LogP contribution < -0.4 is 5.32 Å². The summed E-state index contributed by atoms with van der Waals surface area (Å²) in [6, 6.07) is 40.1. The number of Topliss-reactive ketones (excluding diaryl/α,β-unsaturated/α-hetero) is 2. The zero-order valence-electron chi connectivity index (χ0n) is 44.4. The Morgan fingerprint density at radius 3 is 1.69 bits per heavy atom. The predicted molar refractivity (Wildman–Crippen MR) is 293 cm³/mol. The molecule has 2 saturated carbocycles. The second kappa shape index (κ2) is 23.2. The van der Waals surface area contributed by atoms with E-state index in [1.165, 1.54) is 11.1 Å². The number of ketones is 2. The molecular formula is C64H76N4O6. The topological polar surface area (TPSA) is 153 Å². The van der Waals surface area contributed by atoms with E-state index in [1.807, 2.05) is 102 Å². The summed E-state index contributed by atoms with van der Waals surface area (Å²) in [4.78, 5) is 50.7. The third-order valence-corrected chi connectivity index (χ3v) is 17.4. The van der Waals surface area contributed by atoms with Crippen molar-refractivity contribution < 1.29 is 29.7 Å². The maximum absolute atomic E-state index is 13.7. The zero-order chi connectivity index (χ0) is 52.7. The van der Waals surface area contributed by atoms with Crippen molar-refractivity contribution in [1.29, 1.82) is 0 Å². The number of hydrogen-bond acceptors (Lipinski definition) is 9. The fourth-order valence-corrected chi connectivity index (χ4v) is 12.8. The molecule has 0 radical (unpaired) electrons. The van der Waals surface area contributed by atoms with Crippen molar-refractivity contribution in [2.24, 2.45) is 11.8 Å². The quantitative estimate of drug-likeness (QED) is 0.0695. The molecule has 1 amide bonds. The molecule has 0 bridgehead atoms. The minimum absolute atomic E-state index is 0.0174. The van der Waals surface area contributed by atoms with Crippen molar-refractivity contribution in [2.45, 2.75) is 133 Å².